The normalized spacial score (nSPS) is 10.0. The Labute approximate surface area is 77.7 Å². The summed E-state index contributed by atoms with van der Waals surface area (Å²) in [6.07, 6.45) is 2.44. The highest BCUT2D eigenvalue weighted by molar-refractivity contribution is 5.90. The van der Waals surface area contributed by atoms with Crippen LogP contribution >= 0.6 is 0 Å². The summed E-state index contributed by atoms with van der Waals surface area (Å²) in [5, 5.41) is 12.0. The van der Waals surface area contributed by atoms with Crippen LogP contribution in [0.2, 0.25) is 0 Å². The highest BCUT2D eigenvalue weighted by Crippen LogP contribution is 1.89. The van der Waals surface area contributed by atoms with Crippen LogP contribution in [0.15, 0.2) is 17.2 Å². The third-order valence-electron chi connectivity index (χ3n) is 1.44. The van der Waals surface area contributed by atoms with Crippen LogP contribution in [0.1, 0.15) is 16.4 Å². The van der Waals surface area contributed by atoms with E-state index in [2.05, 4.69) is 35.2 Å². The van der Waals surface area contributed by atoms with E-state index >= 15 is 0 Å². The molecule has 0 radical (unpaired) electrons. The molecule has 0 saturated heterocycles. The predicted octanol–water partition coefficient (Wildman–Crippen LogP) is -0.882. The molecule has 0 fully saturated rings. The summed E-state index contributed by atoms with van der Waals surface area (Å²) in [4.78, 5) is 18.7. The van der Waals surface area contributed by atoms with Gasteiger partial charge in [-0.1, -0.05) is 5.16 Å². The quantitative estimate of drug-likeness (QED) is 0.656. The van der Waals surface area contributed by atoms with Crippen molar-refractivity contribution in [2.75, 3.05) is 0 Å². The molecule has 8 heteroatoms. The summed E-state index contributed by atoms with van der Waals surface area (Å²) in [5.41, 5.74) is 0. The first-order chi connectivity index (χ1) is 6.86. The first-order valence-corrected chi connectivity index (χ1v) is 3.75. The molecular formula is C6H6N6O2. The number of carbonyl (C=O) groups is 1. The van der Waals surface area contributed by atoms with E-state index in [4.69, 9.17) is 0 Å². The van der Waals surface area contributed by atoms with Crippen LogP contribution in [0.25, 0.3) is 0 Å². The summed E-state index contributed by atoms with van der Waals surface area (Å²) < 4.78 is 4.49. The maximum atomic E-state index is 11.3. The molecule has 0 aliphatic heterocycles. The van der Waals surface area contributed by atoms with Crippen molar-refractivity contribution < 1.29 is 9.32 Å². The van der Waals surface area contributed by atoms with Gasteiger partial charge in [0.2, 0.25) is 12.2 Å². The van der Waals surface area contributed by atoms with Crippen molar-refractivity contribution in [1.29, 1.82) is 0 Å². The molecule has 0 aromatic carbocycles. The number of carbonyl (C=O) groups excluding carboxylic acids is 1. The van der Waals surface area contributed by atoms with Crippen LogP contribution in [-0.4, -0.2) is 31.2 Å². The molecule has 8 nitrogen and oxygen atoms in total. The van der Waals surface area contributed by atoms with Crippen LogP contribution in [0.5, 0.6) is 0 Å². The highest BCUT2D eigenvalue weighted by atomic mass is 16.5. The largest absolute Gasteiger partial charge is 0.343 e. The number of aromatic amines is 1. The van der Waals surface area contributed by atoms with Crippen LogP contribution in [0, 0.1) is 0 Å². The molecule has 0 atom stereocenters. The van der Waals surface area contributed by atoms with Crippen molar-refractivity contribution in [3.63, 3.8) is 0 Å². The average molecular weight is 194 g/mol. The second-order valence-electron chi connectivity index (χ2n) is 2.36. The van der Waals surface area contributed by atoms with Gasteiger partial charge in [0.25, 0.3) is 5.91 Å². The summed E-state index contributed by atoms with van der Waals surface area (Å²) >= 11 is 0. The van der Waals surface area contributed by atoms with Gasteiger partial charge in [0.1, 0.15) is 6.33 Å². The van der Waals surface area contributed by atoms with E-state index in [0.717, 1.165) is 0 Å². The monoisotopic (exact) mass is 194 g/mol. The standard InChI is InChI=1S/C6H6N6O2/c13-6(5-8-2-10-11-5)7-1-4-9-3-14-12-4/h2-3H,1H2,(H,7,13)(H,8,10,11). The molecule has 0 aliphatic carbocycles. The molecule has 0 saturated carbocycles. The fraction of sp³-hybridized carbons (Fsp3) is 0.167. The van der Waals surface area contributed by atoms with Gasteiger partial charge in [-0.25, -0.2) is 4.98 Å². The van der Waals surface area contributed by atoms with E-state index in [1.54, 1.807) is 0 Å². The lowest BCUT2D eigenvalue weighted by molar-refractivity contribution is 0.0939. The second kappa shape index (κ2) is 3.64. The molecule has 0 spiro atoms. The molecule has 0 unspecified atom stereocenters. The van der Waals surface area contributed by atoms with Gasteiger partial charge < -0.3 is 9.84 Å². The van der Waals surface area contributed by atoms with Gasteiger partial charge >= 0.3 is 0 Å². The van der Waals surface area contributed by atoms with Gasteiger partial charge in [0.15, 0.2) is 5.82 Å². The average Bonchev–Trinajstić information content (AvgIpc) is 2.87. The minimum absolute atomic E-state index is 0.147. The molecule has 2 N–H and O–H groups in total. The van der Waals surface area contributed by atoms with Crippen molar-refractivity contribution in [3.8, 4) is 0 Å². The van der Waals surface area contributed by atoms with Gasteiger partial charge in [0.05, 0.1) is 6.54 Å². The first kappa shape index (κ1) is 8.35. The first-order valence-electron chi connectivity index (χ1n) is 3.75. The van der Waals surface area contributed by atoms with E-state index < -0.39 is 0 Å². The number of hydrogen-bond acceptors (Lipinski definition) is 6. The Kier molecular flexibility index (Phi) is 2.17. The van der Waals surface area contributed by atoms with E-state index in [1.807, 2.05) is 0 Å². The molecular weight excluding hydrogens is 188 g/mol. The maximum absolute atomic E-state index is 11.3. The Morgan fingerprint density at radius 1 is 1.57 bits per heavy atom. The molecule has 1 amide bonds. The van der Waals surface area contributed by atoms with Crippen molar-refractivity contribution in [1.82, 2.24) is 30.6 Å². The molecule has 14 heavy (non-hydrogen) atoms. The number of amides is 1. The van der Waals surface area contributed by atoms with Gasteiger partial charge in [-0.15, -0.1) is 0 Å². The Hall–Kier alpha value is -2.25. The van der Waals surface area contributed by atoms with E-state index in [-0.39, 0.29) is 18.3 Å². The van der Waals surface area contributed by atoms with Crippen LogP contribution < -0.4 is 5.32 Å². The Morgan fingerprint density at radius 3 is 3.14 bits per heavy atom. The number of nitrogens with one attached hydrogen (secondary N) is 2. The molecule has 72 valence electrons. The number of nitrogens with zero attached hydrogens (tertiary/aromatic N) is 4. The molecule has 0 aliphatic rings. The lowest BCUT2D eigenvalue weighted by Gasteiger charge is -1.96. The summed E-state index contributed by atoms with van der Waals surface area (Å²) in [5.74, 6) is 0.179. The molecule has 2 aromatic rings. The van der Waals surface area contributed by atoms with Gasteiger partial charge in [-0.05, 0) is 0 Å². The van der Waals surface area contributed by atoms with Crippen LogP contribution in [0.3, 0.4) is 0 Å². The zero-order chi connectivity index (χ0) is 9.80. The molecule has 2 heterocycles. The predicted molar refractivity (Wildman–Crippen MR) is 41.9 cm³/mol. The summed E-state index contributed by atoms with van der Waals surface area (Å²) in [7, 11) is 0. The zero-order valence-electron chi connectivity index (χ0n) is 6.97. The smallest absolute Gasteiger partial charge is 0.288 e. The summed E-state index contributed by atoms with van der Waals surface area (Å²) in [6, 6.07) is 0. The Bertz CT molecular complexity index is 394. The Balaban J connectivity index is 1.90. The summed E-state index contributed by atoms with van der Waals surface area (Å²) in [6.45, 7) is 0.191. The van der Waals surface area contributed by atoms with Gasteiger partial charge in [-0.2, -0.15) is 10.1 Å². The number of rotatable bonds is 3. The minimum Gasteiger partial charge on any atom is -0.343 e. The van der Waals surface area contributed by atoms with Crippen molar-refractivity contribution >= 4 is 5.91 Å². The lowest BCUT2D eigenvalue weighted by atomic mass is 10.5. The zero-order valence-corrected chi connectivity index (χ0v) is 6.97. The van der Waals surface area contributed by atoms with Crippen molar-refractivity contribution in [2.45, 2.75) is 6.54 Å². The van der Waals surface area contributed by atoms with Crippen LogP contribution in [-0.2, 0) is 6.54 Å². The van der Waals surface area contributed by atoms with E-state index in [1.165, 1.54) is 12.7 Å². The fourth-order valence-corrected chi connectivity index (χ4v) is 0.828. The highest BCUT2D eigenvalue weighted by Gasteiger charge is 2.08. The SMILES string of the molecule is O=C(NCc1ncon1)c1ncn[nH]1. The Morgan fingerprint density at radius 2 is 2.50 bits per heavy atom. The maximum Gasteiger partial charge on any atom is 0.288 e. The van der Waals surface area contributed by atoms with Gasteiger partial charge in [-0.3, -0.25) is 9.89 Å². The van der Waals surface area contributed by atoms with Crippen molar-refractivity contribution in [3.05, 3.63) is 24.4 Å². The molecule has 2 aromatic heterocycles. The molecule has 0 bridgehead atoms. The number of H-pyrrole nitrogens is 1. The van der Waals surface area contributed by atoms with Crippen LogP contribution in [0.4, 0.5) is 0 Å². The van der Waals surface area contributed by atoms with E-state index in [9.17, 15) is 4.79 Å². The number of hydrogen-bond donors (Lipinski definition) is 2. The lowest BCUT2D eigenvalue weighted by Crippen LogP contribution is -2.24. The third kappa shape index (κ3) is 1.73. The van der Waals surface area contributed by atoms with Crippen molar-refractivity contribution in [2.24, 2.45) is 0 Å². The third-order valence-corrected chi connectivity index (χ3v) is 1.44. The fourth-order valence-electron chi connectivity index (χ4n) is 0.828. The molecule has 2 rings (SSSR count). The second-order valence-corrected chi connectivity index (χ2v) is 2.36. The minimum atomic E-state index is -0.368. The van der Waals surface area contributed by atoms with Gasteiger partial charge in [0, 0.05) is 0 Å². The van der Waals surface area contributed by atoms with E-state index in [0.29, 0.717) is 5.82 Å². The topological polar surface area (TPSA) is 110 Å². The number of aromatic nitrogens is 5.